The smallest absolute Gasteiger partial charge is 0.343 e. The topological polar surface area (TPSA) is 191 Å². The first-order valence-electron chi connectivity index (χ1n) is 17.8. The molecule has 0 aliphatic rings. The second-order valence-electron chi connectivity index (χ2n) is 13.4. The van der Waals surface area contributed by atoms with Crippen LogP contribution >= 0.6 is 22.7 Å². The lowest BCUT2D eigenvalue weighted by Crippen LogP contribution is -2.32. The predicted octanol–water partition coefficient (Wildman–Crippen LogP) is 7.16. The molecule has 0 aliphatic heterocycles. The largest absolute Gasteiger partial charge is 0.477 e. The van der Waals surface area contributed by atoms with Crippen LogP contribution in [0.5, 0.6) is 11.5 Å². The summed E-state index contributed by atoms with van der Waals surface area (Å²) in [6.45, 7) is 0. The minimum Gasteiger partial charge on any atom is -0.477 e. The van der Waals surface area contributed by atoms with E-state index in [4.69, 9.17) is 10.5 Å². The summed E-state index contributed by atoms with van der Waals surface area (Å²) in [5, 5.41) is 12.1. The fourth-order valence-corrected chi connectivity index (χ4v) is 7.99. The molecule has 61 heavy (non-hydrogen) atoms. The van der Waals surface area contributed by atoms with Crippen molar-refractivity contribution in [2.45, 2.75) is 0 Å². The van der Waals surface area contributed by atoms with Crippen molar-refractivity contribution in [2.75, 3.05) is 49.0 Å². The van der Waals surface area contributed by atoms with Gasteiger partial charge < -0.3 is 30.7 Å². The van der Waals surface area contributed by atoms with Gasteiger partial charge in [-0.1, -0.05) is 0 Å². The van der Waals surface area contributed by atoms with Crippen LogP contribution in [0.3, 0.4) is 0 Å². The van der Waals surface area contributed by atoms with Gasteiger partial charge in [-0.3, -0.25) is 23.5 Å². The van der Waals surface area contributed by atoms with Gasteiger partial charge in [0.05, 0.1) is 33.8 Å². The van der Waals surface area contributed by atoms with Gasteiger partial charge in [0.15, 0.2) is 17.1 Å². The molecule has 0 fully saturated rings. The van der Waals surface area contributed by atoms with E-state index in [1.165, 1.54) is 111 Å². The van der Waals surface area contributed by atoms with Crippen molar-refractivity contribution in [3.05, 3.63) is 145 Å². The molecule has 4 N–H and O–H groups in total. The van der Waals surface area contributed by atoms with E-state index in [-0.39, 0.29) is 34.1 Å². The van der Waals surface area contributed by atoms with Crippen LogP contribution in [-0.4, -0.2) is 69.3 Å². The van der Waals surface area contributed by atoms with Crippen LogP contribution < -0.4 is 36.7 Å². The number of amides is 1. The molecule has 0 saturated heterocycles. The van der Waals surface area contributed by atoms with Crippen molar-refractivity contribution in [3.63, 3.8) is 0 Å². The Bertz CT molecular complexity index is 3090. The molecule has 5 heterocycles. The van der Waals surface area contributed by atoms with Gasteiger partial charge in [-0.2, -0.15) is 0 Å². The molecule has 3 aromatic carbocycles. The number of aromatic nitrogens is 5. The minimum atomic E-state index is -1.33. The third-order valence-electron chi connectivity index (χ3n) is 8.93. The van der Waals surface area contributed by atoms with E-state index in [2.05, 4.69) is 20.3 Å². The number of carbonyl (C=O) groups is 2. The molecule has 8 rings (SSSR count). The molecule has 15 nitrogen and oxygen atoms in total. The summed E-state index contributed by atoms with van der Waals surface area (Å²) in [5.41, 5.74) is 9.11. The number of pyridine rings is 3. The summed E-state index contributed by atoms with van der Waals surface area (Å²) in [5.74, 6) is -3.33. The first-order chi connectivity index (χ1) is 29.1. The Morgan fingerprint density at radius 2 is 1.23 bits per heavy atom. The summed E-state index contributed by atoms with van der Waals surface area (Å²) in [4.78, 5) is 68.2. The minimum absolute atomic E-state index is 0.0925. The maximum absolute atomic E-state index is 14.8. The number of nitrogens with one attached hydrogen (secondary N) is 1. The van der Waals surface area contributed by atoms with Gasteiger partial charge in [-0.25, -0.2) is 32.9 Å². The van der Waals surface area contributed by atoms with Crippen molar-refractivity contribution in [3.8, 4) is 22.9 Å². The molecule has 0 saturated carbocycles. The zero-order valence-electron chi connectivity index (χ0n) is 32.4. The zero-order valence-corrected chi connectivity index (χ0v) is 34.0. The Morgan fingerprint density at radius 1 is 0.721 bits per heavy atom. The number of ether oxygens (including phenoxy) is 1. The molecule has 0 bridgehead atoms. The number of rotatable bonds is 9. The quantitative estimate of drug-likeness (QED) is 0.133. The number of halogens is 3. The van der Waals surface area contributed by atoms with Crippen LogP contribution in [0.4, 0.5) is 36.1 Å². The molecule has 5 aromatic heterocycles. The summed E-state index contributed by atoms with van der Waals surface area (Å²) < 4.78 is 49.6. The van der Waals surface area contributed by atoms with Crippen LogP contribution in [0.2, 0.25) is 0 Å². The molecule has 310 valence electrons. The third kappa shape index (κ3) is 8.21. The molecule has 8 aromatic rings. The van der Waals surface area contributed by atoms with E-state index in [1.807, 2.05) is 0 Å². The number of aromatic carboxylic acids is 1. The van der Waals surface area contributed by atoms with Crippen molar-refractivity contribution in [1.29, 1.82) is 0 Å². The molecule has 0 atom stereocenters. The number of benzene rings is 3. The van der Waals surface area contributed by atoms with E-state index in [0.29, 0.717) is 43.5 Å². The number of carboxylic acid groups (broad SMARTS) is 1. The molecule has 20 heteroatoms. The second-order valence-corrected chi connectivity index (χ2v) is 15.1. The maximum atomic E-state index is 14.8. The zero-order chi connectivity index (χ0) is 43.7. The van der Waals surface area contributed by atoms with E-state index < -0.39 is 40.4 Å². The normalized spacial score (nSPS) is 10.9. The van der Waals surface area contributed by atoms with E-state index in [1.54, 1.807) is 49.0 Å². The monoisotopic (exact) mass is 867 g/mol. The number of nitrogens with two attached hydrogens (primary N) is 1. The highest BCUT2D eigenvalue weighted by Gasteiger charge is 2.28. The lowest BCUT2D eigenvalue weighted by Gasteiger charge is -2.20. The molecule has 1 amide bonds. The summed E-state index contributed by atoms with van der Waals surface area (Å²) in [6.07, 6.45) is 1.43. The Labute approximate surface area is 351 Å². The molecule has 0 radical (unpaired) electrons. The average molecular weight is 868 g/mol. The number of nitrogens with zero attached hydrogens (tertiary/aromatic N) is 7. The number of thiazole rings is 2. The lowest BCUT2D eigenvalue weighted by atomic mass is 10.1. The Kier molecular flexibility index (Phi) is 11.6. The number of hydrogen-bond acceptors (Lipinski definition) is 13. The van der Waals surface area contributed by atoms with Crippen molar-refractivity contribution < 1.29 is 32.6 Å². The third-order valence-corrected chi connectivity index (χ3v) is 10.6. The highest BCUT2D eigenvalue weighted by atomic mass is 32.1. The van der Waals surface area contributed by atoms with Crippen LogP contribution in [0, 0.1) is 17.5 Å². The molecule has 0 unspecified atom stereocenters. The number of nitrogen functional groups attached to an aromatic ring is 1. The SMILES string of the molecule is CN(C)c1c(C(=O)Nc2ccc(Oc3ccnc(N)c3)c(F)c2)c(=O)n(-c2ccc(F)cc2)c2scnc12.CN(C)c1c(C(=O)O)c(=O)n(-c2ccc(F)cc2)c2scnc12. The number of anilines is 4. The molecular formula is C41H32F3N9O6S2. The van der Waals surface area contributed by atoms with Crippen LogP contribution in [-0.2, 0) is 0 Å². The van der Waals surface area contributed by atoms with Gasteiger partial charge in [0.1, 0.15) is 49.5 Å². The highest BCUT2D eigenvalue weighted by Crippen LogP contribution is 2.33. The van der Waals surface area contributed by atoms with Crippen molar-refractivity contribution in [1.82, 2.24) is 24.1 Å². The van der Waals surface area contributed by atoms with Gasteiger partial charge in [-0.15, -0.1) is 22.7 Å². The van der Waals surface area contributed by atoms with Crippen LogP contribution in [0.1, 0.15) is 20.7 Å². The lowest BCUT2D eigenvalue weighted by molar-refractivity contribution is 0.0695. The fraction of sp³-hybridized carbons (Fsp3) is 0.0976. The standard InChI is InChI=1S/C26H20F2N6O3S.C15H12FN3O3S/c1-33(2)23-21(25(36)34(26-22(23)31-13-38-26)16-6-3-14(27)4-7-16)24(35)32-15-5-8-19(18(28)11-15)37-17-9-10-30-20(29)12-17;1-18(2)12-10(15(21)22)13(20)19(14-11(12)17-7-23-14)9-5-3-8(16)4-6-9/h3-13H,1-2H3,(H2,29,30)(H,32,35);3-7H,1-2H3,(H,21,22). The maximum Gasteiger partial charge on any atom is 0.343 e. The van der Waals surface area contributed by atoms with Crippen molar-refractivity contribution in [2.24, 2.45) is 0 Å². The fourth-order valence-electron chi connectivity index (χ4n) is 6.36. The first kappa shape index (κ1) is 41.6. The van der Waals surface area contributed by atoms with E-state index in [9.17, 15) is 37.5 Å². The number of carboxylic acids is 1. The summed E-state index contributed by atoms with van der Waals surface area (Å²) in [7, 11) is 6.68. The number of fused-ring (bicyclic) bond motifs is 2. The molecule has 0 spiro atoms. The van der Waals surface area contributed by atoms with E-state index >= 15 is 0 Å². The highest BCUT2D eigenvalue weighted by molar-refractivity contribution is 7.16. The van der Waals surface area contributed by atoms with Gasteiger partial charge in [-0.05, 0) is 66.7 Å². The van der Waals surface area contributed by atoms with Crippen LogP contribution in [0.15, 0.2) is 106 Å². The van der Waals surface area contributed by atoms with E-state index in [0.717, 1.165) is 6.07 Å². The Balaban J connectivity index is 0.000000208. The second kappa shape index (κ2) is 17.0. The van der Waals surface area contributed by atoms with Gasteiger partial charge in [0, 0.05) is 52.2 Å². The molecule has 0 aliphatic carbocycles. The summed E-state index contributed by atoms with van der Waals surface area (Å²) in [6, 6.07) is 17.4. The predicted molar refractivity (Wildman–Crippen MR) is 229 cm³/mol. The first-order valence-corrected chi connectivity index (χ1v) is 19.5. The van der Waals surface area contributed by atoms with Crippen molar-refractivity contribution >= 4 is 78.1 Å². The number of carbonyl (C=O) groups excluding carboxylic acids is 1. The number of hydrogen-bond donors (Lipinski definition) is 3. The summed E-state index contributed by atoms with van der Waals surface area (Å²) >= 11 is 2.43. The average Bonchev–Trinajstić information content (AvgIpc) is 3.89. The van der Waals surface area contributed by atoms with Crippen LogP contribution in [0.25, 0.3) is 32.1 Å². The van der Waals surface area contributed by atoms with Gasteiger partial charge >= 0.3 is 5.97 Å². The molecular weight excluding hydrogens is 836 g/mol. The van der Waals surface area contributed by atoms with Gasteiger partial charge in [0.25, 0.3) is 17.0 Å². The van der Waals surface area contributed by atoms with Gasteiger partial charge in [0.2, 0.25) is 0 Å². The Morgan fingerprint density at radius 3 is 1.70 bits per heavy atom. The Hall–Kier alpha value is -7.58.